The fourth-order valence-corrected chi connectivity index (χ4v) is 1.78. The zero-order valence-electron chi connectivity index (χ0n) is 9.48. The smallest absolute Gasteiger partial charge is 0.00970 e. The van der Waals surface area contributed by atoms with E-state index in [1.165, 1.54) is 12.8 Å². The third kappa shape index (κ3) is 4.63. The Balaban J connectivity index is 1.90. The largest absolute Gasteiger partial charge is 0.313 e. The van der Waals surface area contributed by atoms with Gasteiger partial charge in [-0.1, -0.05) is 6.92 Å². The SMILES string of the molecule is CC1CC(NCCNC(C)(C)C)C1. The van der Waals surface area contributed by atoms with Gasteiger partial charge in [0.1, 0.15) is 0 Å². The maximum absolute atomic E-state index is 3.56. The van der Waals surface area contributed by atoms with Crippen LogP contribution >= 0.6 is 0 Å². The summed E-state index contributed by atoms with van der Waals surface area (Å²) in [4.78, 5) is 0. The van der Waals surface area contributed by atoms with Crippen LogP contribution < -0.4 is 10.6 Å². The molecule has 2 heteroatoms. The third-order valence-corrected chi connectivity index (χ3v) is 2.59. The lowest BCUT2D eigenvalue weighted by Crippen LogP contribution is -2.45. The first-order chi connectivity index (χ1) is 5.97. The highest BCUT2D eigenvalue weighted by atomic mass is 15.0. The first-order valence-electron chi connectivity index (χ1n) is 5.46. The molecule has 0 saturated heterocycles. The van der Waals surface area contributed by atoms with Crippen molar-refractivity contribution in [1.29, 1.82) is 0 Å². The molecule has 0 unspecified atom stereocenters. The van der Waals surface area contributed by atoms with Crippen LogP contribution in [-0.2, 0) is 0 Å². The fourth-order valence-electron chi connectivity index (χ4n) is 1.78. The molecule has 2 N–H and O–H groups in total. The second kappa shape index (κ2) is 4.43. The predicted molar refractivity (Wildman–Crippen MR) is 57.9 cm³/mol. The molecule has 0 radical (unpaired) electrons. The highest BCUT2D eigenvalue weighted by Gasteiger charge is 2.24. The first kappa shape index (κ1) is 11.0. The van der Waals surface area contributed by atoms with Crippen LogP contribution in [0, 0.1) is 5.92 Å². The molecule has 0 spiro atoms. The molecule has 0 bridgehead atoms. The standard InChI is InChI=1S/C11H24N2/c1-9-7-10(8-9)12-5-6-13-11(2,3)4/h9-10,12-13H,5-8H2,1-4H3. The van der Waals surface area contributed by atoms with Gasteiger partial charge in [-0.05, 0) is 39.5 Å². The van der Waals surface area contributed by atoms with Crippen molar-refractivity contribution in [3.63, 3.8) is 0 Å². The molecule has 1 aliphatic carbocycles. The molecule has 78 valence electrons. The van der Waals surface area contributed by atoms with Crippen LogP contribution in [0.4, 0.5) is 0 Å². The maximum Gasteiger partial charge on any atom is 0.00970 e. The second-order valence-corrected chi connectivity index (χ2v) is 5.40. The van der Waals surface area contributed by atoms with E-state index in [4.69, 9.17) is 0 Å². The minimum absolute atomic E-state index is 0.259. The van der Waals surface area contributed by atoms with Crippen LogP contribution in [0.5, 0.6) is 0 Å². The van der Waals surface area contributed by atoms with Crippen molar-refractivity contribution >= 4 is 0 Å². The lowest BCUT2D eigenvalue weighted by molar-refractivity contribution is 0.240. The van der Waals surface area contributed by atoms with E-state index >= 15 is 0 Å². The Labute approximate surface area is 82.5 Å². The summed E-state index contributed by atoms with van der Waals surface area (Å²) in [6.07, 6.45) is 2.74. The van der Waals surface area contributed by atoms with Gasteiger partial charge in [-0.3, -0.25) is 0 Å². The molecule has 1 aliphatic rings. The van der Waals surface area contributed by atoms with Gasteiger partial charge < -0.3 is 10.6 Å². The highest BCUT2D eigenvalue weighted by molar-refractivity contribution is 4.82. The quantitative estimate of drug-likeness (QED) is 0.651. The first-order valence-corrected chi connectivity index (χ1v) is 5.46. The average molecular weight is 184 g/mol. The van der Waals surface area contributed by atoms with Gasteiger partial charge in [-0.25, -0.2) is 0 Å². The molecule has 1 rings (SSSR count). The molecule has 0 aromatic heterocycles. The van der Waals surface area contributed by atoms with Crippen molar-refractivity contribution in [2.24, 2.45) is 5.92 Å². The van der Waals surface area contributed by atoms with Crippen molar-refractivity contribution in [1.82, 2.24) is 10.6 Å². The Bertz CT molecular complexity index is 143. The summed E-state index contributed by atoms with van der Waals surface area (Å²) >= 11 is 0. The summed E-state index contributed by atoms with van der Waals surface area (Å²) in [5, 5.41) is 7.03. The molecule has 1 saturated carbocycles. The van der Waals surface area contributed by atoms with E-state index in [2.05, 4.69) is 38.3 Å². The number of nitrogens with one attached hydrogen (secondary N) is 2. The third-order valence-electron chi connectivity index (χ3n) is 2.59. The fraction of sp³-hybridized carbons (Fsp3) is 1.00. The van der Waals surface area contributed by atoms with Crippen LogP contribution in [-0.4, -0.2) is 24.7 Å². The second-order valence-electron chi connectivity index (χ2n) is 5.40. The minimum Gasteiger partial charge on any atom is -0.313 e. The summed E-state index contributed by atoms with van der Waals surface area (Å²) in [5.41, 5.74) is 0.259. The Hall–Kier alpha value is -0.0800. The van der Waals surface area contributed by atoms with Gasteiger partial charge >= 0.3 is 0 Å². The molecule has 0 heterocycles. The lowest BCUT2D eigenvalue weighted by Gasteiger charge is -2.34. The van der Waals surface area contributed by atoms with Crippen LogP contribution in [0.15, 0.2) is 0 Å². The van der Waals surface area contributed by atoms with Crippen molar-refractivity contribution in [2.75, 3.05) is 13.1 Å². The molecule has 13 heavy (non-hydrogen) atoms. The Kier molecular flexibility index (Phi) is 3.74. The predicted octanol–water partition coefficient (Wildman–Crippen LogP) is 1.76. The van der Waals surface area contributed by atoms with Gasteiger partial charge in [0.05, 0.1) is 0 Å². The molecule has 0 aromatic carbocycles. The van der Waals surface area contributed by atoms with Crippen LogP contribution in [0.3, 0.4) is 0 Å². The van der Waals surface area contributed by atoms with Crippen LogP contribution in [0.25, 0.3) is 0 Å². The van der Waals surface area contributed by atoms with Gasteiger partial charge in [0.2, 0.25) is 0 Å². The monoisotopic (exact) mass is 184 g/mol. The molecule has 0 atom stereocenters. The van der Waals surface area contributed by atoms with Crippen molar-refractivity contribution < 1.29 is 0 Å². The molecule has 0 aliphatic heterocycles. The number of hydrogen-bond donors (Lipinski definition) is 2. The Morgan fingerprint density at radius 2 is 1.77 bits per heavy atom. The van der Waals surface area contributed by atoms with E-state index in [-0.39, 0.29) is 5.54 Å². The zero-order valence-corrected chi connectivity index (χ0v) is 9.48. The molecule has 0 amide bonds. The summed E-state index contributed by atoms with van der Waals surface area (Å²) in [5.74, 6) is 0.952. The van der Waals surface area contributed by atoms with Crippen LogP contribution in [0.1, 0.15) is 40.5 Å². The summed E-state index contributed by atoms with van der Waals surface area (Å²) in [7, 11) is 0. The zero-order chi connectivity index (χ0) is 9.90. The van der Waals surface area contributed by atoms with Gasteiger partial charge in [0.25, 0.3) is 0 Å². The van der Waals surface area contributed by atoms with E-state index in [1.807, 2.05) is 0 Å². The van der Waals surface area contributed by atoms with Crippen molar-refractivity contribution in [3.05, 3.63) is 0 Å². The van der Waals surface area contributed by atoms with Crippen molar-refractivity contribution in [2.45, 2.75) is 52.1 Å². The summed E-state index contributed by atoms with van der Waals surface area (Å²) in [6, 6.07) is 0.803. The molecular formula is C11H24N2. The Morgan fingerprint density at radius 1 is 1.15 bits per heavy atom. The van der Waals surface area contributed by atoms with E-state index in [1.54, 1.807) is 0 Å². The average Bonchev–Trinajstić information content (AvgIpc) is 1.91. The van der Waals surface area contributed by atoms with E-state index in [0.717, 1.165) is 25.0 Å². The van der Waals surface area contributed by atoms with Gasteiger partial charge in [0.15, 0.2) is 0 Å². The van der Waals surface area contributed by atoms with Gasteiger partial charge in [0, 0.05) is 24.7 Å². The normalized spacial score (nSPS) is 28.6. The van der Waals surface area contributed by atoms with E-state index < -0.39 is 0 Å². The molecule has 2 nitrogen and oxygen atoms in total. The van der Waals surface area contributed by atoms with E-state index in [9.17, 15) is 0 Å². The Morgan fingerprint density at radius 3 is 2.23 bits per heavy atom. The number of rotatable bonds is 4. The summed E-state index contributed by atoms with van der Waals surface area (Å²) < 4.78 is 0. The highest BCUT2D eigenvalue weighted by Crippen LogP contribution is 2.25. The number of hydrogen-bond acceptors (Lipinski definition) is 2. The van der Waals surface area contributed by atoms with Crippen LogP contribution in [0.2, 0.25) is 0 Å². The molecular weight excluding hydrogens is 160 g/mol. The van der Waals surface area contributed by atoms with E-state index in [0.29, 0.717) is 0 Å². The van der Waals surface area contributed by atoms with Crippen molar-refractivity contribution in [3.8, 4) is 0 Å². The summed E-state index contributed by atoms with van der Waals surface area (Å²) in [6.45, 7) is 11.1. The lowest BCUT2D eigenvalue weighted by atomic mass is 9.82. The minimum atomic E-state index is 0.259. The van der Waals surface area contributed by atoms with Gasteiger partial charge in [-0.2, -0.15) is 0 Å². The topological polar surface area (TPSA) is 24.1 Å². The van der Waals surface area contributed by atoms with Gasteiger partial charge in [-0.15, -0.1) is 0 Å². The molecule has 0 aromatic rings. The maximum atomic E-state index is 3.56. The molecule has 1 fully saturated rings.